The lowest BCUT2D eigenvalue weighted by molar-refractivity contribution is 0.295. The number of halogens is 1. The van der Waals surface area contributed by atoms with Gasteiger partial charge in [0.05, 0.1) is 5.02 Å². The molecule has 19 heavy (non-hydrogen) atoms. The summed E-state index contributed by atoms with van der Waals surface area (Å²) >= 11 is 5.89. The van der Waals surface area contributed by atoms with Crippen LogP contribution in [0.4, 0.5) is 0 Å². The average Bonchev–Trinajstić information content (AvgIpc) is 2.41. The first-order chi connectivity index (χ1) is 9.15. The van der Waals surface area contributed by atoms with Gasteiger partial charge in [0.1, 0.15) is 5.75 Å². The molecular weight excluding hydrogens is 258 g/mol. The van der Waals surface area contributed by atoms with Crippen molar-refractivity contribution in [1.29, 1.82) is 0 Å². The van der Waals surface area contributed by atoms with Crippen LogP contribution in [-0.4, -0.2) is 23.6 Å². The Hall–Kier alpha value is -1.51. The quantitative estimate of drug-likeness (QED) is 0.858. The number of benzene rings is 2. The van der Waals surface area contributed by atoms with Crippen LogP contribution in [0.2, 0.25) is 5.02 Å². The van der Waals surface area contributed by atoms with E-state index in [0.717, 1.165) is 18.7 Å². The zero-order valence-electron chi connectivity index (χ0n) is 10.8. The van der Waals surface area contributed by atoms with E-state index in [9.17, 15) is 5.11 Å². The largest absolute Gasteiger partial charge is 0.506 e. The lowest BCUT2D eigenvalue weighted by Crippen LogP contribution is -2.30. The van der Waals surface area contributed by atoms with Crippen molar-refractivity contribution in [3.8, 4) is 5.75 Å². The number of hydrogen-bond donors (Lipinski definition) is 1. The van der Waals surface area contributed by atoms with Crippen LogP contribution in [-0.2, 0) is 6.54 Å². The Labute approximate surface area is 118 Å². The van der Waals surface area contributed by atoms with Gasteiger partial charge in [-0.25, -0.2) is 0 Å². The second-order valence-corrected chi connectivity index (χ2v) is 5.57. The SMILES string of the molecule is CN1Cc2ccccc2C(c2ccc(Cl)c(O)c2)C1. The minimum absolute atomic E-state index is 0.157. The highest BCUT2D eigenvalue weighted by molar-refractivity contribution is 6.32. The van der Waals surface area contributed by atoms with Crippen molar-refractivity contribution >= 4 is 11.6 Å². The number of rotatable bonds is 1. The van der Waals surface area contributed by atoms with Crippen molar-refractivity contribution < 1.29 is 5.11 Å². The molecule has 1 unspecified atom stereocenters. The van der Waals surface area contributed by atoms with Gasteiger partial charge < -0.3 is 10.0 Å². The molecule has 0 fully saturated rings. The number of hydrogen-bond acceptors (Lipinski definition) is 2. The standard InChI is InChI=1S/C16H16ClNO/c1-18-9-12-4-2-3-5-13(12)14(10-18)11-6-7-15(17)16(19)8-11/h2-8,14,19H,9-10H2,1H3. The summed E-state index contributed by atoms with van der Waals surface area (Å²) in [5.41, 5.74) is 3.82. The number of fused-ring (bicyclic) bond motifs is 1. The maximum absolute atomic E-state index is 9.80. The number of phenols is 1. The van der Waals surface area contributed by atoms with Gasteiger partial charge in [-0.1, -0.05) is 41.9 Å². The minimum Gasteiger partial charge on any atom is -0.506 e. The summed E-state index contributed by atoms with van der Waals surface area (Å²) in [6.45, 7) is 1.93. The van der Waals surface area contributed by atoms with Crippen LogP contribution >= 0.6 is 11.6 Å². The molecule has 0 saturated carbocycles. The molecule has 0 bridgehead atoms. The summed E-state index contributed by atoms with van der Waals surface area (Å²) in [6, 6.07) is 14.1. The topological polar surface area (TPSA) is 23.5 Å². The Bertz CT molecular complexity index is 611. The maximum Gasteiger partial charge on any atom is 0.134 e. The highest BCUT2D eigenvalue weighted by atomic mass is 35.5. The van der Waals surface area contributed by atoms with Gasteiger partial charge in [-0.3, -0.25) is 0 Å². The zero-order chi connectivity index (χ0) is 13.4. The van der Waals surface area contributed by atoms with Crippen molar-refractivity contribution in [2.24, 2.45) is 0 Å². The lowest BCUT2D eigenvalue weighted by atomic mass is 9.85. The van der Waals surface area contributed by atoms with Crippen LogP contribution < -0.4 is 0 Å². The van der Waals surface area contributed by atoms with Gasteiger partial charge >= 0.3 is 0 Å². The third kappa shape index (κ3) is 2.34. The fourth-order valence-corrected chi connectivity index (χ4v) is 2.93. The van der Waals surface area contributed by atoms with Crippen LogP contribution in [0.3, 0.4) is 0 Å². The van der Waals surface area contributed by atoms with E-state index in [2.05, 4.69) is 36.2 Å². The molecule has 1 aliphatic heterocycles. The van der Waals surface area contributed by atoms with Gasteiger partial charge in [-0.2, -0.15) is 0 Å². The first-order valence-electron chi connectivity index (χ1n) is 6.40. The lowest BCUT2D eigenvalue weighted by Gasteiger charge is -2.32. The molecule has 2 aromatic rings. The predicted octanol–water partition coefficient (Wildman–Crippen LogP) is 3.62. The molecule has 0 amide bonds. The third-order valence-electron chi connectivity index (χ3n) is 3.74. The van der Waals surface area contributed by atoms with Crippen LogP contribution in [0.15, 0.2) is 42.5 Å². The number of aromatic hydroxyl groups is 1. The molecule has 1 N–H and O–H groups in total. The van der Waals surface area contributed by atoms with E-state index in [1.165, 1.54) is 11.1 Å². The molecular formula is C16H16ClNO. The normalized spacial score (nSPS) is 19.2. The smallest absolute Gasteiger partial charge is 0.134 e. The number of phenolic OH excluding ortho intramolecular Hbond substituents is 1. The Morgan fingerprint density at radius 1 is 1.21 bits per heavy atom. The molecule has 0 spiro atoms. The van der Waals surface area contributed by atoms with Gasteiger partial charge in [-0.05, 0) is 35.9 Å². The predicted molar refractivity (Wildman–Crippen MR) is 77.7 cm³/mol. The van der Waals surface area contributed by atoms with Gasteiger partial charge in [0, 0.05) is 19.0 Å². The molecule has 0 saturated heterocycles. The second kappa shape index (κ2) is 4.87. The number of likely N-dealkylation sites (N-methyl/N-ethyl adjacent to an activating group) is 1. The van der Waals surface area contributed by atoms with E-state index in [4.69, 9.17) is 11.6 Å². The van der Waals surface area contributed by atoms with E-state index in [1.807, 2.05) is 6.07 Å². The van der Waals surface area contributed by atoms with Gasteiger partial charge in [0.2, 0.25) is 0 Å². The van der Waals surface area contributed by atoms with Gasteiger partial charge in [0.15, 0.2) is 0 Å². The Morgan fingerprint density at radius 3 is 2.79 bits per heavy atom. The molecule has 1 atom stereocenters. The van der Waals surface area contributed by atoms with E-state index in [-0.39, 0.29) is 11.7 Å². The van der Waals surface area contributed by atoms with Crippen LogP contribution in [0.1, 0.15) is 22.6 Å². The van der Waals surface area contributed by atoms with E-state index >= 15 is 0 Å². The summed E-state index contributed by atoms with van der Waals surface area (Å²) < 4.78 is 0. The molecule has 2 nitrogen and oxygen atoms in total. The van der Waals surface area contributed by atoms with E-state index < -0.39 is 0 Å². The minimum atomic E-state index is 0.157. The fourth-order valence-electron chi connectivity index (χ4n) is 2.81. The molecule has 0 radical (unpaired) electrons. The maximum atomic E-state index is 9.80. The van der Waals surface area contributed by atoms with Crippen LogP contribution in [0.25, 0.3) is 0 Å². The van der Waals surface area contributed by atoms with Crippen LogP contribution in [0, 0.1) is 0 Å². The summed E-state index contributed by atoms with van der Waals surface area (Å²) in [7, 11) is 2.12. The van der Waals surface area contributed by atoms with Crippen molar-refractivity contribution in [2.75, 3.05) is 13.6 Å². The highest BCUT2D eigenvalue weighted by Gasteiger charge is 2.24. The average molecular weight is 274 g/mol. The Balaban J connectivity index is 2.07. The summed E-state index contributed by atoms with van der Waals surface area (Å²) in [4.78, 5) is 2.30. The Morgan fingerprint density at radius 2 is 2.00 bits per heavy atom. The molecule has 3 heteroatoms. The molecule has 1 heterocycles. The van der Waals surface area contributed by atoms with Crippen LogP contribution in [0.5, 0.6) is 5.75 Å². The summed E-state index contributed by atoms with van der Waals surface area (Å²) in [6.07, 6.45) is 0. The van der Waals surface area contributed by atoms with E-state index in [0.29, 0.717) is 5.02 Å². The molecule has 2 aromatic carbocycles. The highest BCUT2D eigenvalue weighted by Crippen LogP contribution is 2.35. The molecule has 0 aliphatic carbocycles. The monoisotopic (exact) mass is 273 g/mol. The zero-order valence-corrected chi connectivity index (χ0v) is 11.6. The van der Waals surface area contributed by atoms with Gasteiger partial charge in [0.25, 0.3) is 0 Å². The van der Waals surface area contributed by atoms with Crippen molar-refractivity contribution in [3.05, 3.63) is 64.2 Å². The Kier molecular flexibility index (Phi) is 3.21. The molecule has 98 valence electrons. The molecule has 0 aromatic heterocycles. The molecule has 3 rings (SSSR count). The van der Waals surface area contributed by atoms with Crippen molar-refractivity contribution in [2.45, 2.75) is 12.5 Å². The third-order valence-corrected chi connectivity index (χ3v) is 4.06. The fraction of sp³-hybridized carbons (Fsp3) is 0.250. The van der Waals surface area contributed by atoms with E-state index in [1.54, 1.807) is 12.1 Å². The first-order valence-corrected chi connectivity index (χ1v) is 6.77. The van der Waals surface area contributed by atoms with Crippen molar-refractivity contribution in [1.82, 2.24) is 4.90 Å². The first kappa shape index (κ1) is 12.5. The van der Waals surface area contributed by atoms with Crippen molar-refractivity contribution in [3.63, 3.8) is 0 Å². The summed E-state index contributed by atoms with van der Waals surface area (Å²) in [5.74, 6) is 0.447. The number of nitrogens with zero attached hydrogens (tertiary/aromatic N) is 1. The second-order valence-electron chi connectivity index (χ2n) is 5.16. The molecule has 1 aliphatic rings. The van der Waals surface area contributed by atoms with Gasteiger partial charge in [-0.15, -0.1) is 0 Å². The summed E-state index contributed by atoms with van der Waals surface area (Å²) in [5, 5.41) is 10.2.